The van der Waals surface area contributed by atoms with Crippen LogP contribution in [0.2, 0.25) is 0 Å². The highest BCUT2D eigenvalue weighted by Crippen LogP contribution is 2.31. The third-order valence-corrected chi connectivity index (χ3v) is 5.58. The zero-order chi connectivity index (χ0) is 24.1. The molecule has 33 heavy (non-hydrogen) atoms. The van der Waals surface area contributed by atoms with Gasteiger partial charge < -0.3 is 20.4 Å². The van der Waals surface area contributed by atoms with Crippen LogP contribution < -0.4 is 10.8 Å². The number of carbonyl (C=O) groups is 2. The molecule has 178 valence electrons. The number of likely N-dealkylation sites (tertiary alicyclic amines) is 1. The maximum Gasteiger partial charge on any atom is 0.256 e. The maximum absolute atomic E-state index is 14.5. The van der Waals surface area contributed by atoms with Gasteiger partial charge in [-0.25, -0.2) is 18.7 Å². The van der Waals surface area contributed by atoms with Crippen LogP contribution in [0, 0.1) is 26.9 Å². The molecule has 1 atom stereocenters. The Hall–Kier alpha value is -2.42. The van der Waals surface area contributed by atoms with E-state index in [0.29, 0.717) is 3.57 Å². The lowest BCUT2D eigenvalue weighted by molar-refractivity contribution is -0.138. The maximum atomic E-state index is 14.5. The largest absolute Gasteiger partial charge is 0.394 e. The molecule has 12 heteroatoms. The van der Waals surface area contributed by atoms with E-state index >= 15 is 0 Å². The average Bonchev–Trinajstić information content (AvgIpc) is 2.74. The van der Waals surface area contributed by atoms with Crippen molar-refractivity contribution in [2.75, 3.05) is 31.6 Å². The van der Waals surface area contributed by atoms with Gasteiger partial charge in [-0.2, -0.15) is 0 Å². The standard InChI is InChI=1S/C21H21F3IN3O5/c22-15-3-2-14(20(19(15)24)26-17-4-1-12(25)6-16(17)23)21(32)28-7-11(8-28)5-18(31)27-33-10-13(30)9-29/h1-4,6,11,13,26,29-30H,5,7-10H2,(H,27,31). The molecule has 1 aliphatic heterocycles. The van der Waals surface area contributed by atoms with Crippen molar-refractivity contribution in [3.63, 3.8) is 0 Å². The molecule has 1 unspecified atom stereocenters. The molecular weight excluding hydrogens is 558 g/mol. The lowest BCUT2D eigenvalue weighted by Crippen LogP contribution is -2.51. The molecular formula is C21H21F3IN3O5. The molecule has 8 nitrogen and oxygen atoms in total. The van der Waals surface area contributed by atoms with Gasteiger partial charge in [-0.05, 0) is 52.9 Å². The number of carbonyl (C=O) groups excluding carboxylic acids is 2. The van der Waals surface area contributed by atoms with Gasteiger partial charge in [0, 0.05) is 29.0 Å². The highest BCUT2D eigenvalue weighted by molar-refractivity contribution is 14.1. The molecule has 1 aliphatic rings. The number of nitrogens with zero attached hydrogens (tertiary/aromatic N) is 1. The normalized spacial score (nSPS) is 14.5. The number of hydrogen-bond acceptors (Lipinski definition) is 6. The molecule has 4 N–H and O–H groups in total. The molecule has 1 saturated heterocycles. The highest BCUT2D eigenvalue weighted by atomic mass is 127. The summed E-state index contributed by atoms with van der Waals surface area (Å²) in [5, 5.41) is 20.3. The van der Waals surface area contributed by atoms with E-state index in [9.17, 15) is 22.8 Å². The monoisotopic (exact) mass is 579 g/mol. The number of benzene rings is 2. The number of halogens is 4. The van der Waals surface area contributed by atoms with Crippen LogP contribution in [0.4, 0.5) is 24.5 Å². The molecule has 0 bridgehead atoms. The molecule has 0 aromatic heterocycles. The summed E-state index contributed by atoms with van der Waals surface area (Å²) in [7, 11) is 0. The Balaban J connectivity index is 1.63. The van der Waals surface area contributed by atoms with E-state index in [1.807, 2.05) is 22.6 Å². The third kappa shape index (κ3) is 6.34. The summed E-state index contributed by atoms with van der Waals surface area (Å²) in [6.45, 7) is -0.388. The van der Waals surface area contributed by atoms with Gasteiger partial charge in [-0.1, -0.05) is 0 Å². The van der Waals surface area contributed by atoms with Crippen LogP contribution in [0.3, 0.4) is 0 Å². The second-order valence-corrected chi connectivity index (χ2v) is 8.73. The van der Waals surface area contributed by atoms with Crippen molar-refractivity contribution in [1.29, 1.82) is 0 Å². The smallest absolute Gasteiger partial charge is 0.256 e. The third-order valence-electron chi connectivity index (χ3n) is 4.91. The second kappa shape index (κ2) is 11.1. The summed E-state index contributed by atoms with van der Waals surface area (Å²) in [6.07, 6.45) is -1.08. The molecule has 0 radical (unpaired) electrons. The number of amides is 2. The van der Waals surface area contributed by atoms with Crippen LogP contribution in [-0.4, -0.2) is 59.3 Å². The van der Waals surface area contributed by atoms with Crippen LogP contribution in [0.25, 0.3) is 0 Å². The minimum Gasteiger partial charge on any atom is -0.394 e. The van der Waals surface area contributed by atoms with E-state index < -0.39 is 47.7 Å². The lowest BCUT2D eigenvalue weighted by atomic mass is 9.94. The highest BCUT2D eigenvalue weighted by Gasteiger charge is 2.34. The van der Waals surface area contributed by atoms with Crippen molar-refractivity contribution >= 4 is 45.8 Å². The Morgan fingerprint density at radius 3 is 2.58 bits per heavy atom. The Kier molecular flexibility index (Phi) is 8.51. The first-order valence-corrected chi connectivity index (χ1v) is 11.0. The molecule has 3 rings (SSSR count). The first kappa shape index (κ1) is 25.2. The molecule has 1 fully saturated rings. The average molecular weight is 579 g/mol. The zero-order valence-electron chi connectivity index (χ0n) is 17.2. The summed E-state index contributed by atoms with van der Waals surface area (Å²) >= 11 is 1.91. The lowest BCUT2D eigenvalue weighted by Gasteiger charge is -2.39. The fraction of sp³-hybridized carbons (Fsp3) is 0.333. The minimum atomic E-state index is -1.31. The van der Waals surface area contributed by atoms with E-state index in [1.165, 1.54) is 17.0 Å². The molecule has 0 spiro atoms. The molecule has 2 amide bonds. The summed E-state index contributed by atoms with van der Waals surface area (Å²) < 4.78 is 43.2. The van der Waals surface area contributed by atoms with Gasteiger partial charge in [0.15, 0.2) is 11.6 Å². The molecule has 1 heterocycles. The van der Waals surface area contributed by atoms with E-state index in [0.717, 1.165) is 12.1 Å². The fourth-order valence-corrected chi connectivity index (χ4v) is 3.64. The Morgan fingerprint density at radius 2 is 1.91 bits per heavy atom. The number of hydrogen-bond donors (Lipinski definition) is 4. The SMILES string of the molecule is O=C(CC1CN(C(=O)c2ccc(F)c(F)c2Nc2ccc(I)cc2F)C1)NOCC(O)CO. The van der Waals surface area contributed by atoms with Crippen LogP contribution in [0.5, 0.6) is 0 Å². The van der Waals surface area contributed by atoms with Gasteiger partial charge in [-0.15, -0.1) is 0 Å². The van der Waals surface area contributed by atoms with Crippen molar-refractivity contribution in [1.82, 2.24) is 10.4 Å². The van der Waals surface area contributed by atoms with Crippen LogP contribution in [-0.2, 0) is 9.63 Å². The number of hydroxylamine groups is 1. The summed E-state index contributed by atoms with van der Waals surface area (Å²) in [4.78, 5) is 30.8. The Labute approximate surface area is 200 Å². The fourth-order valence-electron chi connectivity index (χ4n) is 3.19. The molecule has 2 aromatic rings. The van der Waals surface area contributed by atoms with E-state index in [1.54, 1.807) is 6.07 Å². The summed E-state index contributed by atoms with van der Waals surface area (Å²) in [5.41, 5.74) is 1.37. The molecule has 0 aliphatic carbocycles. The van der Waals surface area contributed by atoms with Crippen molar-refractivity contribution in [3.8, 4) is 0 Å². The number of nitrogens with one attached hydrogen (secondary N) is 2. The van der Waals surface area contributed by atoms with Crippen LogP contribution in [0.1, 0.15) is 16.8 Å². The van der Waals surface area contributed by atoms with E-state index in [-0.39, 0.29) is 43.3 Å². The number of aliphatic hydroxyl groups is 2. The van der Waals surface area contributed by atoms with Gasteiger partial charge in [0.25, 0.3) is 5.91 Å². The quantitative estimate of drug-likeness (QED) is 0.268. The van der Waals surface area contributed by atoms with E-state index in [2.05, 4.69) is 10.8 Å². The topological polar surface area (TPSA) is 111 Å². The molecule has 0 saturated carbocycles. The first-order valence-electron chi connectivity index (χ1n) is 9.88. The summed E-state index contributed by atoms with van der Waals surface area (Å²) in [5.74, 6) is -4.44. The Bertz CT molecular complexity index is 1040. The van der Waals surface area contributed by atoms with Crippen LogP contribution >= 0.6 is 22.6 Å². The number of aliphatic hydroxyl groups excluding tert-OH is 2. The number of rotatable bonds is 9. The first-order chi connectivity index (χ1) is 15.7. The predicted octanol–water partition coefficient (Wildman–Crippen LogP) is 2.32. The zero-order valence-corrected chi connectivity index (χ0v) is 19.3. The van der Waals surface area contributed by atoms with Gasteiger partial charge >= 0.3 is 0 Å². The van der Waals surface area contributed by atoms with Gasteiger partial charge in [0.1, 0.15) is 18.5 Å². The van der Waals surface area contributed by atoms with Crippen LogP contribution in [0.15, 0.2) is 30.3 Å². The van der Waals surface area contributed by atoms with Gasteiger partial charge in [0.2, 0.25) is 5.91 Å². The second-order valence-electron chi connectivity index (χ2n) is 7.49. The van der Waals surface area contributed by atoms with Gasteiger partial charge in [0.05, 0.1) is 23.5 Å². The van der Waals surface area contributed by atoms with E-state index in [4.69, 9.17) is 15.1 Å². The predicted molar refractivity (Wildman–Crippen MR) is 120 cm³/mol. The minimum absolute atomic E-state index is 0.0374. The van der Waals surface area contributed by atoms with Gasteiger partial charge in [-0.3, -0.25) is 14.4 Å². The van der Waals surface area contributed by atoms with Crippen molar-refractivity contribution in [3.05, 3.63) is 56.9 Å². The summed E-state index contributed by atoms with van der Waals surface area (Å²) in [6, 6.07) is 6.08. The van der Waals surface area contributed by atoms with Crippen molar-refractivity contribution < 1.29 is 37.8 Å². The van der Waals surface area contributed by atoms with Crippen molar-refractivity contribution in [2.24, 2.45) is 5.92 Å². The van der Waals surface area contributed by atoms with Crippen molar-refractivity contribution in [2.45, 2.75) is 12.5 Å². The number of anilines is 2. The molecule has 2 aromatic carbocycles. The Morgan fingerprint density at radius 1 is 1.18 bits per heavy atom.